The first-order chi connectivity index (χ1) is 10.6. The molecule has 0 unspecified atom stereocenters. The van der Waals surface area contributed by atoms with Crippen molar-refractivity contribution < 1.29 is 4.74 Å². The van der Waals surface area contributed by atoms with Crippen molar-refractivity contribution in [1.29, 1.82) is 0 Å². The largest absolute Gasteiger partial charge is 0.496 e. The van der Waals surface area contributed by atoms with Crippen molar-refractivity contribution >= 4 is 11.6 Å². The molecular formula is C17H16N2O3. The standard InChI is InChI=1S/C17H16N2O3/c1-18-14(10-12-6-4-3-5-7-12)16(20)19(2)15(17(18)21)13-8-9-22-11-13/h3-10H,11H2,1-2H3. The van der Waals surface area contributed by atoms with Gasteiger partial charge < -0.3 is 13.9 Å². The molecule has 5 heteroatoms. The summed E-state index contributed by atoms with van der Waals surface area (Å²) >= 11 is 0. The van der Waals surface area contributed by atoms with E-state index in [0.717, 1.165) is 5.56 Å². The predicted molar refractivity (Wildman–Crippen MR) is 84.7 cm³/mol. The van der Waals surface area contributed by atoms with Crippen LogP contribution in [-0.2, 0) is 18.8 Å². The molecule has 1 aliphatic rings. The Morgan fingerprint density at radius 3 is 2.41 bits per heavy atom. The van der Waals surface area contributed by atoms with E-state index in [-0.39, 0.29) is 11.1 Å². The minimum atomic E-state index is -0.214. The second-order valence-corrected chi connectivity index (χ2v) is 5.16. The van der Waals surface area contributed by atoms with Gasteiger partial charge in [0.1, 0.15) is 17.3 Å². The minimum Gasteiger partial charge on any atom is -0.496 e. The van der Waals surface area contributed by atoms with Crippen molar-refractivity contribution in [3.05, 3.63) is 79.6 Å². The highest BCUT2D eigenvalue weighted by molar-refractivity contribution is 5.57. The maximum Gasteiger partial charge on any atom is 0.275 e. The molecule has 3 rings (SSSR count). The third-order valence-electron chi connectivity index (χ3n) is 3.74. The molecule has 0 N–H and O–H groups in total. The molecule has 1 aromatic carbocycles. The molecule has 2 heterocycles. The van der Waals surface area contributed by atoms with E-state index >= 15 is 0 Å². The smallest absolute Gasteiger partial charge is 0.275 e. The summed E-state index contributed by atoms with van der Waals surface area (Å²) in [5.74, 6) is 0. The Labute approximate surface area is 126 Å². The highest BCUT2D eigenvalue weighted by Gasteiger charge is 2.11. The van der Waals surface area contributed by atoms with Crippen LogP contribution in [0.2, 0.25) is 0 Å². The summed E-state index contributed by atoms with van der Waals surface area (Å²) in [6.07, 6.45) is 4.97. The van der Waals surface area contributed by atoms with E-state index in [1.165, 1.54) is 15.4 Å². The van der Waals surface area contributed by atoms with Gasteiger partial charge in [-0.05, 0) is 17.7 Å². The molecular weight excluding hydrogens is 280 g/mol. The summed E-state index contributed by atoms with van der Waals surface area (Å²) in [7, 11) is 3.22. The monoisotopic (exact) mass is 296 g/mol. The van der Waals surface area contributed by atoms with Gasteiger partial charge in [-0.15, -0.1) is 0 Å². The highest BCUT2D eigenvalue weighted by Crippen LogP contribution is 2.03. The number of aromatic nitrogens is 2. The Hall–Kier alpha value is -2.82. The summed E-state index contributed by atoms with van der Waals surface area (Å²) in [5, 5.41) is 0.720. The number of rotatable bonds is 1. The SMILES string of the molecule is Cn1c(=O)c(=C2C=COC2)n(C)c(=O)c1=Cc1ccccc1. The molecule has 22 heavy (non-hydrogen) atoms. The van der Waals surface area contributed by atoms with Gasteiger partial charge in [0.25, 0.3) is 11.1 Å². The summed E-state index contributed by atoms with van der Waals surface area (Å²) in [4.78, 5) is 25.2. The van der Waals surface area contributed by atoms with Gasteiger partial charge in [0, 0.05) is 19.7 Å². The van der Waals surface area contributed by atoms with Gasteiger partial charge in [-0.3, -0.25) is 9.59 Å². The molecule has 5 nitrogen and oxygen atoms in total. The maximum absolute atomic E-state index is 12.6. The molecule has 0 fully saturated rings. The normalized spacial score (nSPS) is 16.9. The molecule has 0 bridgehead atoms. The third-order valence-corrected chi connectivity index (χ3v) is 3.74. The van der Waals surface area contributed by atoms with Gasteiger partial charge in [0.15, 0.2) is 0 Å². The van der Waals surface area contributed by atoms with Crippen LogP contribution < -0.4 is 21.8 Å². The van der Waals surface area contributed by atoms with E-state index in [4.69, 9.17) is 4.74 Å². The molecule has 1 aromatic heterocycles. The molecule has 0 spiro atoms. The van der Waals surface area contributed by atoms with E-state index in [2.05, 4.69) is 0 Å². The highest BCUT2D eigenvalue weighted by atomic mass is 16.5. The van der Waals surface area contributed by atoms with Crippen LogP contribution in [-0.4, -0.2) is 15.7 Å². The Morgan fingerprint density at radius 2 is 1.77 bits per heavy atom. The topological polar surface area (TPSA) is 53.2 Å². The van der Waals surface area contributed by atoms with Gasteiger partial charge >= 0.3 is 0 Å². The van der Waals surface area contributed by atoms with Crippen LogP contribution in [0, 0.1) is 0 Å². The van der Waals surface area contributed by atoms with Crippen LogP contribution in [0.1, 0.15) is 5.56 Å². The van der Waals surface area contributed by atoms with Crippen LogP contribution in [0.25, 0.3) is 11.6 Å². The second-order valence-electron chi connectivity index (χ2n) is 5.16. The lowest BCUT2D eigenvalue weighted by Crippen LogP contribution is -2.57. The van der Waals surface area contributed by atoms with Gasteiger partial charge in [0.05, 0.1) is 6.26 Å². The zero-order valence-corrected chi connectivity index (χ0v) is 12.4. The summed E-state index contributed by atoms with van der Waals surface area (Å²) < 4.78 is 7.93. The van der Waals surface area contributed by atoms with Gasteiger partial charge in [-0.1, -0.05) is 30.3 Å². The van der Waals surface area contributed by atoms with E-state index in [9.17, 15) is 9.59 Å². The van der Waals surface area contributed by atoms with E-state index in [1.807, 2.05) is 30.3 Å². The Morgan fingerprint density at radius 1 is 1.05 bits per heavy atom. The molecule has 0 saturated heterocycles. The van der Waals surface area contributed by atoms with Gasteiger partial charge in [0.2, 0.25) is 0 Å². The molecule has 0 atom stereocenters. The molecule has 1 aliphatic heterocycles. The molecule has 112 valence electrons. The average molecular weight is 296 g/mol. The van der Waals surface area contributed by atoms with E-state index in [0.29, 0.717) is 22.9 Å². The fraction of sp³-hybridized carbons (Fsp3) is 0.176. The van der Waals surface area contributed by atoms with E-state index in [1.54, 1.807) is 26.2 Å². The first-order valence-corrected chi connectivity index (χ1v) is 6.94. The zero-order valence-electron chi connectivity index (χ0n) is 12.4. The Kier molecular flexibility index (Phi) is 3.55. The minimum absolute atomic E-state index is 0.213. The zero-order chi connectivity index (χ0) is 15.7. The molecule has 0 saturated carbocycles. The number of hydrogen-bond acceptors (Lipinski definition) is 3. The lowest BCUT2D eigenvalue weighted by atomic mass is 10.2. The maximum atomic E-state index is 12.6. The quantitative estimate of drug-likeness (QED) is 0.720. The lowest BCUT2D eigenvalue weighted by Gasteiger charge is -2.06. The van der Waals surface area contributed by atoms with Crippen molar-refractivity contribution in [3.8, 4) is 0 Å². The fourth-order valence-corrected chi connectivity index (χ4v) is 2.51. The van der Waals surface area contributed by atoms with Crippen molar-refractivity contribution in [2.24, 2.45) is 14.1 Å². The number of hydrogen-bond donors (Lipinski definition) is 0. The van der Waals surface area contributed by atoms with Crippen LogP contribution in [0.15, 0.2) is 52.3 Å². The first kappa shape index (κ1) is 14.1. The van der Waals surface area contributed by atoms with Crippen LogP contribution in [0.4, 0.5) is 0 Å². The molecule has 0 aliphatic carbocycles. The van der Waals surface area contributed by atoms with Crippen LogP contribution >= 0.6 is 0 Å². The summed E-state index contributed by atoms with van der Waals surface area (Å²) in [6, 6.07) is 9.46. The Bertz CT molecular complexity index is 980. The van der Waals surface area contributed by atoms with Crippen LogP contribution in [0.5, 0.6) is 0 Å². The number of nitrogens with zero attached hydrogens (tertiary/aromatic N) is 2. The number of ether oxygens (including phenoxy) is 1. The third kappa shape index (κ3) is 2.30. The lowest BCUT2D eigenvalue weighted by molar-refractivity contribution is 0.310. The van der Waals surface area contributed by atoms with Crippen LogP contribution in [0.3, 0.4) is 0 Å². The summed E-state index contributed by atoms with van der Waals surface area (Å²) in [6.45, 7) is 0.310. The van der Waals surface area contributed by atoms with Gasteiger partial charge in [-0.2, -0.15) is 0 Å². The fourth-order valence-electron chi connectivity index (χ4n) is 2.51. The number of benzene rings is 1. The van der Waals surface area contributed by atoms with E-state index < -0.39 is 0 Å². The average Bonchev–Trinajstić information content (AvgIpc) is 3.05. The van der Waals surface area contributed by atoms with Gasteiger partial charge in [-0.25, -0.2) is 0 Å². The first-order valence-electron chi connectivity index (χ1n) is 6.94. The van der Waals surface area contributed by atoms with Crippen molar-refractivity contribution in [2.45, 2.75) is 0 Å². The summed E-state index contributed by atoms with van der Waals surface area (Å²) in [5.41, 5.74) is 1.16. The molecule has 0 radical (unpaired) electrons. The van der Waals surface area contributed by atoms with Crippen molar-refractivity contribution in [2.75, 3.05) is 6.61 Å². The molecule has 0 amide bonds. The molecule has 2 aromatic rings. The van der Waals surface area contributed by atoms with Crippen molar-refractivity contribution in [3.63, 3.8) is 0 Å². The predicted octanol–water partition coefficient (Wildman–Crippen LogP) is -0.393. The van der Waals surface area contributed by atoms with Crippen molar-refractivity contribution in [1.82, 2.24) is 9.13 Å². The second kappa shape index (κ2) is 5.52. The Balaban J connectivity index is 2.41.